The largest absolute Gasteiger partial charge is 0.438 e. The molecule has 36 heavy (non-hydrogen) atoms. The molecule has 3 nitrogen and oxygen atoms in total. The van der Waals surface area contributed by atoms with Crippen molar-refractivity contribution in [2.75, 3.05) is 0 Å². The molecule has 3 aromatic carbocycles. The Morgan fingerprint density at radius 2 is 1.06 bits per heavy atom. The lowest BCUT2D eigenvalue weighted by molar-refractivity contribution is -0.227. The molecule has 0 aliphatic rings. The van der Waals surface area contributed by atoms with Crippen LogP contribution in [0.3, 0.4) is 0 Å². The summed E-state index contributed by atoms with van der Waals surface area (Å²) in [5.74, 6) is -6.19. The molecule has 0 spiro atoms. The summed E-state index contributed by atoms with van der Waals surface area (Å²) in [6.45, 7) is 5.76. The van der Waals surface area contributed by atoms with Gasteiger partial charge in [0.1, 0.15) is 0 Å². The third kappa shape index (κ3) is 4.88. The standard InChI is InChI=1S/C25H24F6O3S2/c1-23(2,3)18-14-16-21(17-15-18)35(19-10-6-4-7-11-19,20-12-8-5-9-13-20)34-36(32,33)25(30,31)24(28,29)22(26)27/h4-17,22H,1-3H3. The van der Waals surface area contributed by atoms with Crippen LogP contribution in [-0.4, -0.2) is 26.0 Å². The summed E-state index contributed by atoms with van der Waals surface area (Å²) in [6.07, 6.45) is -4.95. The maximum Gasteiger partial charge on any atom is 0.438 e. The van der Waals surface area contributed by atoms with E-state index in [9.17, 15) is 34.8 Å². The van der Waals surface area contributed by atoms with Crippen LogP contribution in [0, 0.1) is 0 Å². The molecule has 0 bridgehead atoms. The van der Waals surface area contributed by atoms with Gasteiger partial charge in [-0.05, 0) is 57.7 Å². The molecular formula is C25H24F6O3S2. The minimum Gasteiger partial charge on any atom is -0.203 e. The maximum atomic E-state index is 14.6. The second-order valence-electron chi connectivity index (χ2n) is 8.92. The summed E-state index contributed by atoms with van der Waals surface area (Å²) in [5, 5.41) is -6.22. The highest BCUT2D eigenvalue weighted by molar-refractivity contribution is 8.33. The second-order valence-corrected chi connectivity index (χ2v) is 13.4. The van der Waals surface area contributed by atoms with Crippen LogP contribution in [-0.2, 0) is 19.2 Å². The van der Waals surface area contributed by atoms with Crippen molar-refractivity contribution in [3.8, 4) is 0 Å². The molecule has 0 heterocycles. The van der Waals surface area contributed by atoms with Crippen LogP contribution in [0.1, 0.15) is 26.3 Å². The average molecular weight is 551 g/mol. The van der Waals surface area contributed by atoms with Crippen molar-refractivity contribution < 1.29 is 38.4 Å². The molecular weight excluding hydrogens is 526 g/mol. The molecule has 3 rings (SSSR count). The van der Waals surface area contributed by atoms with Crippen LogP contribution in [0.4, 0.5) is 26.3 Å². The predicted octanol–water partition coefficient (Wildman–Crippen LogP) is 8.02. The Bertz CT molecular complexity index is 1240. The zero-order valence-electron chi connectivity index (χ0n) is 19.5. The van der Waals surface area contributed by atoms with E-state index in [0.29, 0.717) is 0 Å². The lowest BCUT2D eigenvalue weighted by Gasteiger charge is -2.41. The molecule has 0 N–H and O–H groups in total. The van der Waals surface area contributed by atoms with Crippen LogP contribution in [0.5, 0.6) is 0 Å². The van der Waals surface area contributed by atoms with Crippen molar-refractivity contribution in [2.45, 2.75) is 58.5 Å². The molecule has 0 saturated carbocycles. The lowest BCUT2D eigenvalue weighted by atomic mass is 9.87. The zero-order chi connectivity index (χ0) is 27.0. The Labute approximate surface area is 207 Å². The highest BCUT2D eigenvalue weighted by atomic mass is 32.3. The molecule has 0 amide bonds. The first-order chi connectivity index (χ1) is 16.6. The molecule has 196 valence electrons. The molecule has 0 aromatic heterocycles. The van der Waals surface area contributed by atoms with Gasteiger partial charge in [-0.15, -0.1) is 0 Å². The Balaban J connectivity index is 2.36. The van der Waals surface area contributed by atoms with Crippen molar-refractivity contribution in [1.29, 1.82) is 0 Å². The molecule has 3 aromatic rings. The van der Waals surface area contributed by atoms with Gasteiger partial charge in [0, 0.05) is 14.7 Å². The van der Waals surface area contributed by atoms with E-state index in [1.807, 2.05) is 20.8 Å². The van der Waals surface area contributed by atoms with Gasteiger partial charge in [-0.2, -0.15) is 26.0 Å². The van der Waals surface area contributed by atoms with Gasteiger partial charge in [-0.25, -0.2) is 12.4 Å². The number of hydrogen-bond donors (Lipinski definition) is 0. The molecule has 0 saturated heterocycles. The summed E-state index contributed by atoms with van der Waals surface area (Å²) < 4.78 is 113. The third-order valence-corrected chi connectivity index (χ3v) is 10.6. The number of benzene rings is 3. The summed E-state index contributed by atoms with van der Waals surface area (Å²) in [6, 6.07) is 21.0. The average Bonchev–Trinajstić information content (AvgIpc) is 2.83. The lowest BCUT2D eigenvalue weighted by Crippen LogP contribution is -2.52. The number of rotatable bonds is 8. The fourth-order valence-electron chi connectivity index (χ4n) is 3.37. The molecule has 11 heteroatoms. The van der Waals surface area contributed by atoms with Crippen LogP contribution >= 0.6 is 10.3 Å². The summed E-state index contributed by atoms with van der Waals surface area (Å²) in [7, 11) is -10.3. The Morgan fingerprint density at radius 3 is 1.42 bits per heavy atom. The Kier molecular flexibility index (Phi) is 7.61. The topological polar surface area (TPSA) is 43.4 Å². The fourth-order valence-corrected chi connectivity index (χ4v) is 8.57. The first kappa shape index (κ1) is 28.1. The van der Waals surface area contributed by atoms with Gasteiger partial charge in [-0.1, -0.05) is 69.3 Å². The normalized spacial score (nSPS) is 14.2. The summed E-state index contributed by atoms with van der Waals surface area (Å²) in [4.78, 5) is 0.256. The van der Waals surface area contributed by atoms with E-state index in [2.05, 4.69) is 0 Å². The van der Waals surface area contributed by atoms with Crippen molar-refractivity contribution in [3.05, 3.63) is 90.5 Å². The van der Waals surface area contributed by atoms with Gasteiger partial charge < -0.3 is 0 Å². The van der Waals surface area contributed by atoms with E-state index in [4.69, 9.17) is 3.63 Å². The van der Waals surface area contributed by atoms with Crippen molar-refractivity contribution in [2.24, 2.45) is 0 Å². The van der Waals surface area contributed by atoms with Gasteiger partial charge in [0.05, 0.1) is 0 Å². The second kappa shape index (κ2) is 9.75. The summed E-state index contributed by atoms with van der Waals surface area (Å²) in [5.41, 5.74) is 0.494. The molecule has 0 fully saturated rings. The third-order valence-electron chi connectivity index (χ3n) is 5.37. The van der Waals surface area contributed by atoms with Gasteiger partial charge in [0.15, 0.2) is 0 Å². The zero-order valence-corrected chi connectivity index (χ0v) is 21.1. The van der Waals surface area contributed by atoms with Crippen LogP contribution in [0.15, 0.2) is 99.6 Å². The van der Waals surface area contributed by atoms with E-state index in [0.717, 1.165) is 5.56 Å². The van der Waals surface area contributed by atoms with Gasteiger partial charge in [-0.3, -0.25) is 0 Å². The molecule has 0 unspecified atom stereocenters. The first-order valence-electron chi connectivity index (χ1n) is 10.6. The predicted molar refractivity (Wildman–Crippen MR) is 126 cm³/mol. The van der Waals surface area contributed by atoms with Gasteiger partial charge in [0.2, 0.25) is 0 Å². The minimum atomic E-state index is -6.63. The Hall–Kier alpha value is -2.50. The molecule has 0 radical (unpaired) electrons. The highest BCUT2D eigenvalue weighted by Crippen LogP contribution is 2.71. The van der Waals surface area contributed by atoms with E-state index < -0.39 is 38.0 Å². The number of alkyl halides is 6. The smallest absolute Gasteiger partial charge is 0.203 e. The number of hydrogen-bond acceptors (Lipinski definition) is 3. The summed E-state index contributed by atoms with van der Waals surface area (Å²) >= 11 is 0. The van der Waals surface area contributed by atoms with E-state index in [-0.39, 0.29) is 20.1 Å². The Morgan fingerprint density at radius 1 is 0.667 bits per heavy atom. The first-order valence-corrected chi connectivity index (χ1v) is 13.6. The number of halogens is 6. The van der Waals surface area contributed by atoms with E-state index >= 15 is 0 Å². The van der Waals surface area contributed by atoms with Crippen molar-refractivity contribution >= 4 is 20.4 Å². The van der Waals surface area contributed by atoms with Gasteiger partial charge in [0.25, 0.3) is 0 Å². The van der Waals surface area contributed by atoms with Crippen LogP contribution in [0.2, 0.25) is 0 Å². The monoisotopic (exact) mass is 550 g/mol. The molecule has 0 aliphatic carbocycles. The SMILES string of the molecule is CC(C)(C)c1ccc(S(OS(=O)(=O)C(F)(F)C(F)(F)C(F)F)(c2ccccc2)c2ccccc2)cc1. The van der Waals surface area contributed by atoms with Crippen LogP contribution in [0.25, 0.3) is 0 Å². The van der Waals surface area contributed by atoms with Crippen LogP contribution < -0.4 is 0 Å². The minimum absolute atomic E-state index is 0.0828. The van der Waals surface area contributed by atoms with E-state index in [1.54, 1.807) is 24.3 Å². The van der Waals surface area contributed by atoms with Gasteiger partial charge >= 0.3 is 27.7 Å². The molecule has 0 atom stereocenters. The quantitative estimate of drug-likeness (QED) is 0.267. The fraction of sp³-hybridized carbons (Fsp3) is 0.280. The molecule has 0 aliphatic heterocycles. The highest BCUT2D eigenvalue weighted by Gasteiger charge is 2.72. The van der Waals surface area contributed by atoms with Crippen molar-refractivity contribution in [3.63, 3.8) is 0 Å². The van der Waals surface area contributed by atoms with E-state index in [1.165, 1.54) is 60.7 Å². The maximum absolute atomic E-state index is 14.6. The van der Waals surface area contributed by atoms with Crippen molar-refractivity contribution in [1.82, 2.24) is 0 Å².